The maximum atomic E-state index is 14.0. The van der Waals surface area contributed by atoms with Gasteiger partial charge in [-0.25, -0.2) is 4.39 Å². The third kappa shape index (κ3) is 3.13. The summed E-state index contributed by atoms with van der Waals surface area (Å²) in [5.41, 5.74) is 1.27. The number of nitrogens with zero attached hydrogens (tertiary/aromatic N) is 7. The van der Waals surface area contributed by atoms with Gasteiger partial charge in [-0.3, -0.25) is 4.57 Å². The summed E-state index contributed by atoms with van der Waals surface area (Å²) in [6, 6.07) is 16.1. The average molecular weight is 353 g/mol. The van der Waals surface area contributed by atoms with Crippen molar-refractivity contribution in [2.45, 2.75) is 10.9 Å². The van der Waals surface area contributed by atoms with E-state index in [1.165, 1.54) is 24.2 Å². The van der Waals surface area contributed by atoms with Gasteiger partial charge in [0.25, 0.3) is 0 Å². The van der Waals surface area contributed by atoms with E-state index in [0.29, 0.717) is 22.4 Å². The molecule has 2 heterocycles. The highest BCUT2D eigenvalue weighted by Crippen LogP contribution is 2.24. The van der Waals surface area contributed by atoms with Crippen molar-refractivity contribution in [2.24, 2.45) is 0 Å². The van der Waals surface area contributed by atoms with Crippen LogP contribution >= 0.6 is 11.8 Å². The Morgan fingerprint density at radius 1 is 0.960 bits per heavy atom. The number of halogens is 1. The molecule has 0 amide bonds. The first kappa shape index (κ1) is 15.5. The molecule has 0 bridgehead atoms. The minimum Gasteiger partial charge on any atom is -0.274 e. The molecule has 2 aromatic carbocycles. The Kier molecular flexibility index (Phi) is 4.21. The first-order valence-electron chi connectivity index (χ1n) is 7.43. The van der Waals surface area contributed by atoms with Gasteiger partial charge in [0.15, 0.2) is 11.0 Å². The Morgan fingerprint density at radius 2 is 1.76 bits per heavy atom. The molecular weight excluding hydrogens is 341 g/mol. The van der Waals surface area contributed by atoms with Crippen LogP contribution in [0.3, 0.4) is 0 Å². The number of aromatic nitrogens is 7. The molecule has 0 spiro atoms. The van der Waals surface area contributed by atoms with Gasteiger partial charge in [0.05, 0.1) is 17.1 Å². The third-order valence-electron chi connectivity index (χ3n) is 3.49. The highest BCUT2D eigenvalue weighted by Gasteiger charge is 2.14. The van der Waals surface area contributed by atoms with Gasteiger partial charge in [-0.2, -0.15) is 4.68 Å². The Bertz CT molecular complexity index is 983. The van der Waals surface area contributed by atoms with E-state index in [0.717, 1.165) is 5.69 Å². The lowest BCUT2D eigenvalue weighted by molar-refractivity contribution is 0.613. The molecule has 4 rings (SSSR count). The summed E-state index contributed by atoms with van der Waals surface area (Å²) in [6.07, 6.45) is 1.49. The van der Waals surface area contributed by atoms with E-state index in [9.17, 15) is 4.39 Å². The van der Waals surface area contributed by atoms with Gasteiger partial charge in [0, 0.05) is 0 Å². The molecule has 0 saturated heterocycles. The number of thioether (sulfide) groups is 1. The highest BCUT2D eigenvalue weighted by atomic mass is 32.2. The first-order valence-corrected chi connectivity index (χ1v) is 8.42. The van der Waals surface area contributed by atoms with Crippen LogP contribution in [-0.2, 0) is 5.75 Å². The molecule has 25 heavy (non-hydrogen) atoms. The number of rotatable bonds is 5. The van der Waals surface area contributed by atoms with Crippen molar-refractivity contribution in [1.82, 2.24) is 35.0 Å². The van der Waals surface area contributed by atoms with E-state index in [1.54, 1.807) is 27.4 Å². The molecule has 0 fully saturated rings. The summed E-state index contributed by atoms with van der Waals surface area (Å²) in [6.45, 7) is 0. The van der Waals surface area contributed by atoms with Gasteiger partial charge in [0.2, 0.25) is 0 Å². The lowest BCUT2D eigenvalue weighted by atomic mass is 10.3. The fourth-order valence-electron chi connectivity index (χ4n) is 2.33. The molecule has 124 valence electrons. The number of hydrogen-bond acceptors (Lipinski definition) is 6. The summed E-state index contributed by atoms with van der Waals surface area (Å²) in [4.78, 5) is 0. The smallest absolute Gasteiger partial charge is 0.196 e. The second-order valence-corrected chi connectivity index (χ2v) is 6.01. The Labute approximate surface area is 146 Å². The van der Waals surface area contributed by atoms with Crippen LogP contribution in [0.4, 0.5) is 4.39 Å². The normalized spacial score (nSPS) is 10.9. The topological polar surface area (TPSA) is 74.3 Å². The molecule has 7 nitrogen and oxygen atoms in total. The Hall–Kier alpha value is -3.07. The maximum absolute atomic E-state index is 14.0. The molecule has 2 aromatic heterocycles. The Morgan fingerprint density at radius 3 is 2.60 bits per heavy atom. The third-order valence-corrected chi connectivity index (χ3v) is 4.43. The highest BCUT2D eigenvalue weighted by molar-refractivity contribution is 7.98. The van der Waals surface area contributed by atoms with E-state index < -0.39 is 0 Å². The van der Waals surface area contributed by atoms with Crippen molar-refractivity contribution >= 4 is 11.8 Å². The Balaban J connectivity index is 1.58. The molecule has 9 heteroatoms. The molecule has 0 aliphatic heterocycles. The van der Waals surface area contributed by atoms with Gasteiger partial charge in [-0.15, -0.1) is 15.3 Å². The van der Waals surface area contributed by atoms with Crippen molar-refractivity contribution < 1.29 is 4.39 Å². The van der Waals surface area contributed by atoms with E-state index in [4.69, 9.17) is 0 Å². The average Bonchev–Trinajstić information content (AvgIpc) is 3.30. The van der Waals surface area contributed by atoms with E-state index >= 15 is 0 Å². The minimum atomic E-state index is -0.335. The predicted octanol–water partition coefficient (Wildman–Crippen LogP) is 2.67. The fourth-order valence-corrected chi connectivity index (χ4v) is 3.16. The van der Waals surface area contributed by atoms with Crippen molar-refractivity contribution in [3.63, 3.8) is 0 Å². The van der Waals surface area contributed by atoms with Crippen molar-refractivity contribution in [3.05, 3.63) is 72.6 Å². The lowest BCUT2D eigenvalue weighted by Crippen LogP contribution is -2.03. The largest absolute Gasteiger partial charge is 0.274 e. The standard InChI is InChI=1S/C16H12FN7S/c17-13-8-4-5-9-14(13)23-11-18-20-16(23)25-10-15-19-21-22-24(15)12-6-2-1-3-7-12/h1-9,11H,10H2. The van der Waals surface area contributed by atoms with Gasteiger partial charge in [-0.05, 0) is 34.7 Å². The van der Waals surface area contributed by atoms with E-state index in [1.807, 2.05) is 30.3 Å². The van der Waals surface area contributed by atoms with Crippen LogP contribution in [0.2, 0.25) is 0 Å². The number of para-hydroxylation sites is 2. The predicted molar refractivity (Wildman–Crippen MR) is 90.0 cm³/mol. The van der Waals surface area contributed by atoms with E-state index in [2.05, 4.69) is 25.7 Å². The van der Waals surface area contributed by atoms with Crippen LogP contribution in [0.1, 0.15) is 5.82 Å². The lowest BCUT2D eigenvalue weighted by Gasteiger charge is -2.07. The molecular formula is C16H12FN7S. The van der Waals surface area contributed by atoms with Crippen molar-refractivity contribution in [1.29, 1.82) is 0 Å². The molecule has 0 radical (unpaired) electrons. The molecule has 0 aliphatic rings. The monoisotopic (exact) mass is 353 g/mol. The van der Waals surface area contributed by atoms with Gasteiger partial charge in [-0.1, -0.05) is 42.1 Å². The summed E-state index contributed by atoms with van der Waals surface area (Å²) in [5, 5.41) is 20.3. The molecule has 0 saturated carbocycles. The number of hydrogen-bond donors (Lipinski definition) is 0. The molecule has 4 aromatic rings. The van der Waals surface area contributed by atoms with Crippen LogP contribution in [0.15, 0.2) is 66.1 Å². The molecule has 0 atom stereocenters. The van der Waals surface area contributed by atoms with Gasteiger partial charge in [0.1, 0.15) is 12.1 Å². The molecule has 0 aliphatic carbocycles. The van der Waals surface area contributed by atoms with Gasteiger partial charge < -0.3 is 0 Å². The van der Waals surface area contributed by atoms with Crippen LogP contribution in [0.25, 0.3) is 11.4 Å². The SMILES string of the molecule is Fc1ccccc1-n1cnnc1SCc1nnnn1-c1ccccc1. The molecule has 0 N–H and O–H groups in total. The summed E-state index contributed by atoms with van der Waals surface area (Å²) < 4.78 is 17.3. The summed E-state index contributed by atoms with van der Waals surface area (Å²) >= 11 is 1.38. The molecule has 0 unspecified atom stereocenters. The van der Waals surface area contributed by atoms with Crippen LogP contribution in [0.5, 0.6) is 0 Å². The second kappa shape index (κ2) is 6.81. The quantitative estimate of drug-likeness (QED) is 0.514. The fraction of sp³-hybridized carbons (Fsp3) is 0.0625. The van der Waals surface area contributed by atoms with Crippen LogP contribution in [0, 0.1) is 5.82 Å². The van der Waals surface area contributed by atoms with Crippen LogP contribution < -0.4 is 0 Å². The van der Waals surface area contributed by atoms with Crippen molar-refractivity contribution in [2.75, 3.05) is 0 Å². The van der Waals surface area contributed by atoms with E-state index in [-0.39, 0.29) is 5.82 Å². The number of benzene rings is 2. The summed E-state index contributed by atoms with van der Waals surface area (Å²) in [7, 11) is 0. The summed E-state index contributed by atoms with van der Waals surface area (Å²) in [5.74, 6) is 0.798. The van der Waals surface area contributed by atoms with Crippen LogP contribution in [-0.4, -0.2) is 35.0 Å². The first-order chi connectivity index (χ1) is 12.3. The zero-order chi connectivity index (χ0) is 17.1. The number of tetrazole rings is 1. The maximum Gasteiger partial charge on any atom is 0.196 e. The van der Waals surface area contributed by atoms with Gasteiger partial charge >= 0.3 is 0 Å². The van der Waals surface area contributed by atoms with Crippen molar-refractivity contribution in [3.8, 4) is 11.4 Å². The second-order valence-electron chi connectivity index (χ2n) is 5.07. The minimum absolute atomic E-state index is 0.335. The zero-order valence-corrected chi connectivity index (χ0v) is 13.7. The zero-order valence-electron chi connectivity index (χ0n) is 12.9.